The van der Waals surface area contributed by atoms with E-state index in [-0.39, 0.29) is 63.5 Å². The van der Waals surface area contributed by atoms with Gasteiger partial charge in [0.25, 0.3) is 0 Å². The summed E-state index contributed by atoms with van der Waals surface area (Å²) in [6, 6.07) is 7.66. The molecule has 0 amide bonds. The normalized spacial score (nSPS) is 17.9. The first kappa shape index (κ1) is 13.4. The molecule has 1 aromatic carbocycles. The zero-order valence-corrected chi connectivity index (χ0v) is 8.32. The van der Waals surface area contributed by atoms with Crippen molar-refractivity contribution in [1.82, 2.24) is 0 Å². The molecule has 2 rings (SSSR count). The number of benzene rings is 1. The maximum atomic E-state index is 11.4. The molecule has 0 bridgehead atoms. The summed E-state index contributed by atoms with van der Waals surface area (Å²) < 4.78 is 5.29. The van der Waals surface area contributed by atoms with Gasteiger partial charge < -0.3 is 4.74 Å². The van der Waals surface area contributed by atoms with E-state index in [9.17, 15) is 4.79 Å². The molecule has 76 valence electrons. The van der Waals surface area contributed by atoms with Crippen molar-refractivity contribution >= 4 is 57.4 Å². The first-order valence-corrected chi connectivity index (χ1v) is 5.13. The standard InChI is InChI=1S/C12H14O2.K.H/c1-2-3-8-11-9-6-4-5-7-10(9)12(13)14-11;;/h4-7,11H,2-3,8H2,1H3;;. The Labute approximate surface area is 133 Å². The van der Waals surface area contributed by atoms with E-state index in [0.717, 1.165) is 30.4 Å². The van der Waals surface area contributed by atoms with Crippen LogP contribution in [0.25, 0.3) is 0 Å². The molecule has 0 aliphatic carbocycles. The van der Waals surface area contributed by atoms with Crippen molar-refractivity contribution in [2.45, 2.75) is 32.3 Å². The van der Waals surface area contributed by atoms with Crippen LogP contribution in [0.1, 0.15) is 48.2 Å². The van der Waals surface area contributed by atoms with Crippen LogP contribution < -0.4 is 0 Å². The van der Waals surface area contributed by atoms with Crippen molar-refractivity contribution in [3.05, 3.63) is 35.4 Å². The zero-order chi connectivity index (χ0) is 9.97. The molecule has 0 aromatic heterocycles. The maximum absolute atomic E-state index is 11.4. The molecule has 0 saturated carbocycles. The number of hydrogen-bond donors (Lipinski definition) is 0. The van der Waals surface area contributed by atoms with E-state index in [0.29, 0.717) is 0 Å². The first-order chi connectivity index (χ1) is 6.83. The molecule has 1 atom stereocenters. The van der Waals surface area contributed by atoms with Gasteiger partial charge in [-0.3, -0.25) is 0 Å². The third-order valence-corrected chi connectivity index (χ3v) is 2.60. The van der Waals surface area contributed by atoms with Crippen LogP contribution in [0.4, 0.5) is 0 Å². The summed E-state index contributed by atoms with van der Waals surface area (Å²) in [5, 5.41) is 0. The van der Waals surface area contributed by atoms with Crippen LogP contribution in [0.15, 0.2) is 24.3 Å². The Morgan fingerprint density at radius 3 is 2.80 bits per heavy atom. The van der Waals surface area contributed by atoms with Gasteiger partial charge in [0.2, 0.25) is 0 Å². The van der Waals surface area contributed by atoms with Crippen molar-refractivity contribution < 1.29 is 9.53 Å². The summed E-state index contributed by atoms with van der Waals surface area (Å²) in [5.74, 6) is -0.165. The van der Waals surface area contributed by atoms with Crippen molar-refractivity contribution in [1.29, 1.82) is 0 Å². The number of hydrogen-bond acceptors (Lipinski definition) is 2. The van der Waals surface area contributed by atoms with Gasteiger partial charge in [0, 0.05) is 5.56 Å². The number of rotatable bonds is 3. The Bertz CT molecular complexity index is 349. The molecule has 1 aliphatic heterocycles. The second-order valence-corrected chi connectivity index (χ2v) is 3.62. The van der Waals surface area contributed by atoms with Crippen LogP contribution >= 0.6 is 0 Å². The number of cyclic esters (lactones) is 1. The number of esters is 1. The van der Waals surface area contributed by atoms with Crippen molar-refractivity contribution in [3.63, 3.8) is 0 Å². The van der Waals surface area contributed by atoms with Gasteiger partial charge >= 0.3 is 57.4 Å². The summed E-state index contributed by atoms with van der Waals surface area (Å²) in [5.41, 5.74) is 1.81. The van der Waals surface area contributed by atoms with E-state index in [2.05, 4.69) is 6.92 Å². The van der Waals surface area contributed by atoms with E-state index in [1.165, 1.54) is 0 Å². The van der Waals surface area contributed by atoms with Gasteiger partial charge in [-0.15, -0.1) is 0 Å². The van der Waals surface area contributed by atoms with Gasteiger partial charge in [0.1, 0.15) is 6.10 Å². The molecule has 15 heavy (non-hydrogen) atoms. The predicted octanol–water partition coefficient (Wildman–Crippen LogP) is 2.44. The fraction of sp³-hybridized carbons (Fsp3) is 0.417. The number of fused-ring (bicyclic) bond motifs is 1. The molecule has 3 heteroatoms. The molecule has 1 aliphatic rings. The summed E-state index contributed by atoms with van der Waals surface area (Å²) in [4.78, 5) is 11.4. The molecule has 0 spiro atoms. The molecular formula is C12H15KO2. The Balaban J connectivity index is 0.00000112. The minimum atomic E-state index is -0.165. The minimum absolute atomic E-state index is 0. The average molecular weight is 230 g/mol. The van der Waals surface area contributed by atoms with Crippen molar-refractivity contribution in [3.8, 4) is 0 Å². The third kappa shape index (κ3) is 2.92. The van der Waals surface area contributed by atoms with Gasteiger partial charge in [-0.25, -0.2) is 4.79 Å². The van der Waals surface area contributed by atoms with Crippen molar-refractivity contribution in [2.75, 3.05) is 0 Å². The summed E-state index contributed by atoms with van der Waals surface area (Å²) in [7, 11) is 0. The monoisotopic (exact) mass is 230 g/mol. The predicted molar refractivity (Wildman–Crippen MR) is 61.3 cm³/mol. The summed E-state index contributed by atoms with van der Waals surface area (Å²) in [6.07, 6.45) is 3.18. The van der Waals surface area contributed by atoms with Gasteiger partial charge in [-0.1, -0.05) is 31.5 Å². The van der Waals surface area contributed by atoms with Crippen LogP contribution in [0.3, 0.4) is 0 Å². The van der Waals surface area contributed by atoms with Gasteiger partial charge in [-0.05, 0) is 18.9 Å². The quantitative estimate of drug-likeness (QED) is 0.589. The Morgan fingerprint density at radius 1 is 1.33 bits per heavy atom. The second-order valence-electron chi connectivity index (χ2n) is 3.62. The topological polar surface area (TPSA) is 26.3 Å². The molecular weight excluding hydrogens is 215 g/mol. The fourth-order valence-electron chi connectivity index (χ4n) is 1.82. The molecule has 1 aromatic rings. The molecule has 0 fully saturated rings. The van der Waals surface area contributed by atoms with Crippen LogP contribution in [0, 0.1) is 0 Å². The number of ether oxygens (including phenoxy) is 1. The van der Waals surface area contributed by atoms with Gasteiger partial charge in [0.05, 0.1) is 5.56 Å². The molecule has 0 N–H and O–H groups in total. The van der Waals surface area contributed by atoms with E-state index < -0.39 is 0 Å². The van der Waals surface area contributed by atoms with Crippen LogP contribution in [-0.4, -0.2) is 57.4 Å². The van der Waals surface area contributed by atoms with Crippen LogP contribution in [0.2, 0.25) is 0 Å². The van der Waals surface area contributed by atoms with Gasteiger partial charge in [0.15, 0.2) is 0 Å². The molecule has 1 unspecified atom stereocenters. The fourth-order valence-corrected chi connectivity index (χ4v) is 1.82. The van der Waals surface area contributed by atoms with E-state index in [1.54, 1.807) is 0 Å². The van der Waals surface area contributed by atoms with Crippen LogP contribution in [-0.2, 0) is 4.74 Å². The molecule has 0 radical (unpaired) electrons. The Hall–Kier alpha value is 0.326. The first-order valence-electron chi connectivity index (χ1n) is 5.13. The zero-order valence-electron chi connectivity index (χ0n) is 8.32. The molecule has 0 saturated heterocycles. The van der Waals surface area contributed by atoms with E-state index in [1.807, 2.05) is 24.3 Å². The average Bonchev–Trinajstić information content (AvgIpc) is 2.54. The van der Waals surface area contributed by atoms with E-state index >= 15 is 0 Å². The Kier molecular flexibility index (Phi) is 5.50. The number of carbonyl (C=O) groups excluding carboxylic acids is 1. The Morgan fingerprint density at radius 2 is 2.07 bits per heavy atom. The van der Waals surface area contributed by atoms with E-state index in [4.69, 9.17) is 4.74 Å². The molecule has 1 heterocycles. The number of carbonyl (C=O) groups is 1. The molecule has 2 nitrogen and oxygen atoms in total. The van der Waals surface area contributed by atoms with Crippen molar-refractivity contribution in [2.24, 2.45) is 0 Å². The number of unbranched alkanes of at least 4 members (excludes halogenated alkanes) is 1. The van der Waals surface area contributed by atoms with Gasteiger partial charge in [-0.2, -0.15) is 0 Å². The summed E-state index contributed by atoms with van der Waals surface area (Å²) in [6.45, 7) is 2.14. The summed E-state index contributed by atoms with van der Waals surface area (Å²) >= 11 is 0. The third-order valence-electron chi connectivity index (χ3n) is 2.60. The second kappa shape index (κ2) is 6.16. The SMILES string of the molecule is CCCCC1OC(=O)c2ccccc21.[KH]. The van der Waals surface area contributed by atoms with Crippen LogP contribution in [0.5, 0.6) is 0 Å².